The molecule has 0 aliphatic carbocycles. The lowest BCUT2D eigenvalue weighted by molar-refractivity contribution is -0.384. The number of piperidine rings is 1. The number of likely N-dealkylation sites (tertiary alicyclic amines) is 1. The van der Waals surface area contributed by atoms with E-state index in [0.717, 1.165) is 12.8 Å². The zero-order valence-electron chi connectivity index (χ0n) is 11.5. The smallest absolute Gasteiger partial charge is 0.270 e. The Labute approximate surface area is 126 Å². The molecule has 108 valence electrons. The molecule has 1 fully saturated rings. The molecule has 1 heterocycles. The highest BCUT2D eigenvalue weighted by molar-refractivity contribution is 9.10. The van der Waals surface area contributed by atoms with Crippen molar-refractivity contribution in [3.63, 3.8) is 0 Å². The number of hydrogen-bond donors (Lipinski definition) is 0. The van der Waals surface area contributed by atoms with Gasteiger partial charge in [-0.3, -0.25) is 14.9 Å². The largest absolute Gasteiger partial charge is 0.336 e. The number of nitro benzene ring substituents is 1. The van der Waals surface area contributed by atoms with Crippen molar-refractivity contribution in [1.82, 2.24) is 4.90 Å². The van der Waals surface area contributed by atoms with E-state index in [-0.39, 0.29) is 17.6 Å². The molecule has 2 atom stereocenters. The van der Waals surface area contributed by atoms with Crippen LogP contribution in [0.25, 0.3) is 0 Å². The summed E-state index contributed by atoms with van der Waals surface area (Å²) in [6, 6.07) is 4.45. The number of carbonyl (C=O) groups is 1. The van der Waals surface area contributed by atoms with Crippen LogP contribution in [0.2, 0.25) is 0 Å². The number of rotatable bonds is 2. The van der Waals surface area contributed by atoms with Crippen LogP contribution >= 0.6 is 15.9 Å². The van der Waals surface area contributed by atoms with Gasteiger partial charge in [0.2, 0.25) is 0 Å². The zero-order chi connectivity index (χ0) is 14.9. The molecule has 1 saturated heterocycles. The molecule has 0 aromatic heterocycles. The van der Waals surface area contributed by atoms with Gasteiger partial charge in [-0.1, -0.05) is 6.92 Å². The highest BCUT2D eigenvalue weighted by atomic mass is 79.9. The first-order valence-corrected chi connectivity index (χ1v) is 7.46. The highest BCUT2D eigenvalue weighted by Crippen LogP contribution is 2.28. The van der Waals surface area contributed by atoms with E-state index < -0.39 is 4.92 Å². The Balaban J connectivity index is 2.33. The maximum atomic E-state index is 12.6. The maximum Gasteiger partial charge on any atom is 0.270 e. The third-order valence-corrected chi connectivity index (χ3v) is 4.72. The normalized spacial score (nSPS) is 22.6. The lowest BCUT2D eigenvalue weighted by Crippen LogP contribution is -2.46. The lowest BCUT2D eigenvalue weighted by Gasteiger charge is -2.38. The monoisotopic (exact) mass is 340 g/mol. The molecule has 0 spiro atoms. The number of nitrogens with zero attached hydrogens (tertiary/aromatic N) is 2. The Morgan fingerprint density at radius 2 is 2.15 bits per heavy atom. The third-order valence-electron chi connectivity index (χ3n) is 4.03. The third kappa shape index (κ3) is 2.85. The number of carbonyl (C=O) groups excluding carboxylic acids is 1. The molecule has 5 nitrogen and oxygen atoms in total. The Bertz CT molecular complexity index is 547. The Morgan fingerprint density at radius 1 is 1.45 bits per heavy atom. The van der Waals surface area contributed by atoms with Gasteiger partial charge in [0.25, 0.3) is 11.6 Å². The molecule has 1 aromatic rings. The molecule has 1 aliphatic heterocycles. The van der Waals surface area contributed by atoms with E-state index >= 15 is 0 Å². The molecule has 0 bridgehead atoms. The highest BCUT2D eigenvalue weighted by Gasteiger charge is 2.30. The zero-order valence-corrected chi connectivity index (χ0v) is 13.1. The van der Waals surface area contributed by atoms with E-state index in [2.05, 4.69) is 22.9 Å². The molecule has 0 N–H and O–H groups in total. The number of halogens is 1. The van der Waals surface area contributed by atoms with Crippen LogP contribution in [0.4, 0.5) is 5.69 Å². The van der Waals surface area contributed by atoms with Gasteiger partial charge in [-0.25, -0.2) is 0 Å². The summed E-state index contributed by atoms with van der Waals surface area (Å²) in [7, 11) is 0. The fourth-order valence-electron chi connectivity index (χ4n) is 2.57. The fourth-order valence-corrected chi connectivity index (χ4v) is 2.98. The van der Waals surface area contributed by atoms with Crippen molar-refractivity contribution in [3.8, 4) is 0 Å². The summed E-state index contributed by atoms with van der Waals surface area (Å²) in [5.74, 6) is 0.310. The first-order chi connectivity index (χ1) is 9.41. The molecule has 0 saturated carbocycles. The lowest BCUT2D eigenvalue weighted by atomic mass is 9.91. The molecular formula is C14H17BrN2O3. The van der Waals surface area contributed by atoms with Crippen LogP contribution in [0, 0.1) is 16.0 Å². The average molecular weight is 341 g/mol. The van der Waals surface area contributed by atoms with Gasteiger partial charge >= 0.3 is 0 Å². The molecule has 1 aliphatic rings. The first kappa shape index (κ1) is 15.0. The summed E-state index contributed by atoms with van der Waals surface area (Å²) in [6.45, 7) is 4.87. The first-order valence-electron chi connectivity index (χ1n) is 6.66. The van der Waals surface area contributed by atoms with E-state index in [0.29, 0.717) is 22.5 Å². The van der Waals surface area contributed by atoms with Crippen molar-refractivity contribution in [2.45, 2.75) is 32.7 Å². The van der Waals surface area contributed by atoms with Gasteiger partial charge < -0.3 is 4.90 Å². The number of amides is 1. The minimum atomic E-state index is -0.481. The molecule has 2 rings (SSSR count). The van der Waals surface area contributed by atoms with Gasteiger partial charge in [-0.2, -0.15) is 0 Å². The summed E-state index contributed by atoms with van der Waals surface area (Å²) in [4.78, 5) is 24.8. The Kier molecular flexibility index (Phi) is 4.42. The van der Waals surface area contributed by atoms with Crippen LogP contribution in [-0.2, 0) is 0 Å². The minimum Gasteiger partial charge on any atom is -0.336 e. The second-order valence-corrected chi connectivity index (χ2v) is 6.13. The van der Waals surface area contributed by atoms with Gasteiger partial charge in [0.1, 0.15) is 0 Å². The standard InChI is InChI=1S/C14H17BrN2O3/c1-9-4-3-7-16(10(9)2)14(18)12-8-11(17(19)20)5-6-13(12)15/h5-6,8-10H,3-4,7H2,1-2H3. The van der Waals surface area contributed by atoms with Gasteiger partial charge in [0.15, 0.2) is 0 Å². The van der Waals surface area contributed by atoms with Crippen LogP contribution < -0.4 is 0 Å². The second-order valence-electron chi connectivity index (χ2n) is 5.28. The van der Waals surface area contributed by atoms with Gasteiger partial charge in [-0.05, 0) is 47.7 Å². The topological polar surface area (TPSA) is 63.5 Å². The summed E-state index contributed by atoms with van der Waals surface area (Å²) in [5.41, 5.74) is 0.300. The van der Waals surface area contributed by atoms with Crippen LogP contribution in [0.3, 0.4) is 0 Å². The number of non-ortho nitro benzene ring substituents is 1. The van der Waals surface area contributed by atoms with Crippen LogP contribution in [0.5, 0.6) is 0 Å². The second kappa shape index (κ2) is 5.91. The molecule has 20 heavy (non-hydrogen) atoms. The molecule has 6 heteroatoms. The van der Waals surface area contributed by atoms with E-state index in [1.165, 1.54) is 12.1 Å². The molecule has 0 radical (unpaired) electrons. The van der Waals surface area contributed by atoms with E-state index in [9.17, 15) is 14.9 Å². The van der Waals surface area contributed by atoms with E-state index in [1.807, 2.05) is 11.8 Å². The van der Waals surface area contributed by atoms with Crippen molar-refractivity contribution in [2.24, 2.45) is 5.92 Å². The van der Waals surface area contributed by atoms with Crippen LogP contribution in [-0.4, -0.2) is 28.3 Å². The molecular weight excluding hydrogens is 324 g/mol. The van der Waals surface area contributed by atoms with Crippen molar-refractivity contribution >= 4 is 27.5 Å². The van der Waals surface area contributed by atoms with Crippen LogP contribution in [0.15, 0.2) is 22.7 Å². The molecule has 1 aromatic carbocycles. The number of hydrogen-bond acceptors (Lipinski definition) is 3. The molecule has 2 unspecified atom stereocenters. The Hall–Kier alpha value is -1.43. The van der Waals surface area contributed by atoms with Gasteiger partial charge in [0, 0.05) is 29.2 Å². The van der Waals surface area contributed by atoms with Crippen LogP contribution in [0.1, 0.15) is 37.0 Å². The Morgan fingerprint density at radius 3 is 2.80 bits per heavy atom. The molecule has 1 amide bonds. The quantitative estimate of drug-likeness (QED) is 0.610. The van der Waals surface area contributed by atoms with Gasteiger partial charge in [-0.15, -0.1) is 0 Å². The number of benzene rings is 1. The van der Waals surface area contributed by atoms with Gasteiger partial charge in [0.05, 0.1) is 10.5 Å². The maximum absolute atomic E-state index is 12.6. The van der Waals surface area contributed by atoms with E-state index in [4.69, 9.17) is 0 Å². The van der Waals surface area contributed by atoms with Crippen molar-refractivity contribution < 1.29 is 9.72 Å². The number of nitro groups is 1. The predicted octanol–water partition coefficient (Wildman–Crippen LogP) is 3.62. The minimum absolute atomic E-state index is 0.0609. The van der Waals surface area contributed by atoms with Crippen molar-refractivity contribution in [1.29, 1.82) is 0 Å². The van der Waals surface area contributed by atoms with Crippen molar-refractivity contribution in [2.75, 3.05) is 6.54 Å². The summed E-state index contributed by atoms with van der Waals surface area (Å²) >= 11 is 3.31. The average Bonchev–Trinajstić information content (AvgIpc) is 2.41. The van der Waals surface area contributed by atoms with Crippen molar-refractivity contribution in [3.05, 3.63) is 38.3 Å². The predicted molar refractivity (Wildman–Crippen MR) is 79.7 cm³/mol. The summed E-state index contributed by atoms with van der Waals surface area (Å²) in [5, 5.41) is 10.8. The fraction of sp³-hybridized carbons (Fsp3) is 0.500. The summed E-state index contributed by atoms with van der Waals surface area (Å²) < 4.78 is 0.596. The SMILES string of the molecule is CC1CCCN(C(=O)c2cc([N+](=O)[O-])ccc2Br)C1C. The van der Waals surface area contributed by atoms with E-state index in [1.54, 1.807) is 6.07 Å². The summed E-state index contributed by atoms with van der Waals surface area (Å²) in [6.07, 6.45) is 2.09.